The van der Waals surface area contributed by atoms with Crippen molar-refractivity contribution in [3.05, 3.63) is 88.5 Å². The summed E-state index contributed by atoms with van der Waals surface area (Å²) in [4.78, 5) is 12.4. The molecular weight excluding hydrogens is 370 g/mol. The first-order valence-corrected chi connectivity index (χ1v) is 9.88. The van der Waals surface area contributed by atoms with Gasteiger partial charge >= 0.3 is 5.97 Å². The molecule has 3 aromatic rings. The molecule has 4 heteroatoms. The van der Waals surface area contributed by atoms with Gasteiger partial charge in [-0.25, -0.2) is 4.79 Å². The Morgan fingerprint density at radius 1 is 1.11 bits per heavy atom. The number of nitrogens with one attached hydrogen (secondary N) is 1. The number of methoxy groups -OCH3 is 1. The van der Waals surface area contributed by atoms with Crippen molar-refractivity contribution in [2.45, 2.75) is 18.4 Å². The number of carbonyl (C=O) groups is 1. The SMILES string of the molecule is COC(=O)c1ccc(Cl)c2c1[C@H]1C=CC[C@H]1[C@H](c1cccc3ccccc13)N2. The molecule has 3 nitrogen and oxygen atoms in total. The normalized spacial score (nSPS) is 22.4. The lowest BCUT2D eigenvalue weighted by Crippen LogP contribution is -2.31. The Bertz CT molecular complexity index is 1120. The Labute approximate surface area is 169 Å². The predicted octanol–water partition coefficient (Wildman–Crippen LogP) is 6.11. The molecule has 0 radical (unpaired) electrons. The van der Waals surface area contributed by atoms with Gasteiger partial charge in [0.05, 0.1) is 29.4 Å². The highest BCUT2D eigenvalue weighted by atomic mass is 35.5. The van der Waals surface area contributed by atoms with E-state index in [-0.39, 0.29) is 17.9 Å². The zero-order valence-corrected chi connectivity index (χ0v) is 16.2. The number of ether oxygens (including phenoxy) is 1. The second kappa shape index (κ2) is 6.68. The first kappa shape index (κ1) is 17.3. The molecule has 0 spiro atoms. The van der Waals surface area contributed by atoms with Crippen LogP contribution >= 0.6 is 11.6 Å². The zero-order valence-electron chi connectivity index (χ0n) is 15.5. The maximum atomic E-state index is 12.4. The molecule has 1 aliphatic carbocycles. The summed E-state index contributed by atoms with van der Waals surface area (Å²) in [5, 5.41) is 6.79. The van der Waals surface area contributed by atoms with E-state index in [4.69, 9.17) is 16.3 Å². The van der Waals surface area contributed by atoms with Crippen molar-refractivity contribution in [3.8, 4) is 0 Å². The molecule has 2 aliphatic rings. The van der Waals surface area contributed by atoms with Crippen molar-refractivity contribution in [2.75, 3.05) is 12.4 Å². The Hall–Kier alpha value is -2.78. The molecule has 1 N–H and O–H groups in total. The quantitative estimate of drug-likeness (QED) is 0.424. The van der Waals surface area contributed by atoms with Gasteiger partial charge in [0.2, 0.25) is 0 Å². The van der Waals surface area contributed by atoms with E-state index in [0.29, 0.717) is 16.5 Å². The van der Waals surface area contributed by atoms with E-state index in [1.165, 1.54) is 23.4 Å². The van der Waals surface area contributed by atoms with Crippen molar-refractivity contribution in [3.63, 3.8) is 0 Å². The third-order valence-electron chi connectivity index (χ3n) is 6.03. The van der Waals surface area contributed by atoms with Crippen molar-refractivity contribution >= 4 is 34.0 Å². The standard InChI is InChI=1S/C24H20ClNO2/c1-28-24(27)19-12-13-20(25)23-21(19)16-9-5-11-18(16)22(26-23)17-10-4-7-14-6-2-3-8-15(14)17/h2-10,12-13,16,18,22,26H,11H2,1H3/t16-,18+,22-/m0/s1. The summed E-state index contributed by atoms with van der Waals surface area (Å²) in [7, 11) is 1.42. The van der Waals surface area contributed by atoms with E-state index in [2.05, 4.69) is 59.9 Å². The van der Waals surface area contributed by atoms with Crippen LogP contribution in [0.2, 0.25) is 5.02 Å². The Morgan fingerprint density at radius 3 is 2.79 bits per heavy atom. The first-order valence-electron chi connectivity index (χ1n) is 9.50. The molecule has 0 saturated carbocycles. The second-order valence-electron chi connectivity index (χ2n) is 7.42. The summed E-state index contributed by atoms with van der Waals surface area (Å²) in [6.07, 6.45) is 5.38. The number of allylic oxidation sites excluding steroid dienone is 2. The largest absolute Gasteiger partial charge is 0.465 e. The lowest BCUT2D eigenvalue weighted by atomic mass is 9.74. The fraction of sp³-hybridized carbons (Fsp3) is 0.208. The Balaban J connectivity index is 1.70. The maximum absolute atomic E-state index is 12.4. The third kappa shape index (κ3) is 2.54. The van der Waals surface area contributed by atoms with E-state index in [1.807, 2.05) is 0 Å². The molecule has 3 atom stereocenters. The highest BCUT2D eigenvalue weighted by Gasteiger charge is 2.41. The van der Waals surface area contributed by atoms with Gasteiger partial charge in [-0.1, -0.05) is 66.2 Å². The van der Waals surface area contributed by atoms with Crippen molar-refractivity contribution in [1.29, 1.82) is 0 Å². The van der Waals surface area contributed by atoms with Crippen LogP contribution in [0, 0.1) is 5.92 Å². The minimum Gasteiger partial charge on any atom is -0.465 e. The predicted molar refractivity (Wildman–Crippen MR) is 113 cm³/mol. The summed E-state index contributed by atoms with van der Waals surface area (Å²) >= 11 is 6.58. The lowest BCUT2D eigenvalue weighted by molar-refractivity contribution is 0.0598. The van der Waals surface area contributed by atoms with E-state index < -0.39 is 0 Å². The van der Waals surface area contributed by atoms with Crippen LogP contribution in [0.1, 0.15) is 39.9 Å². The van der Waals surface area contributed by atoms with Crippen molar-refractivity contribution < 1.29 is 9.53 Å². The first-order chi connectivity index (χ1) is 13.7. The molecule has 140 valence electrons. The van der Waals surface area contributed by atoms with Crippen LogP contribution in [0.3, 0.4) is 0 Å². The molecule has 3 aromatic carbocycles. The van der Waals surface area contributed by atoms with Gasteiger partial charge in [0.25, 0.3) is 0 Å². The van der Waals surface area contributed by atoms with Crippen LogP contribution < -0.4 is 5.32 Å². The van der Waals surface area contributed by atoms with E-state index in [9.17, 15) is 4.79 Å². The van der Waals surface area contributed by atoms with Gasteiger partial charge in [0.15, 0.2) is 0 Å². The number of benzene rings is 3. The number of hydrogen-bond donors (Lipinski definition) is 1. The number of hydrogen-bond acceptors (Lipinski definition) is 3. The maximum Gasteiger partial charge on any atom is 0.338 e. The molecule has 1 aliphatic heterocycles. The molecule has 5 rings (SSSR count). The second-order valence-corrected chi connectivity index (χ2v) is 7.83. The van der Waals surface area contributed by atoms with Crippen molar-refractivity contribution in [2.24, 2.45) is 5.92 Å². The smallest absolute Gasteiger partial charge is 0.338 e. The molecule has 0 unspecified atom stereocenters. The molecule has 0 aromatic heterocycles. The van der Waals surface area contributed by atoms with Gasteiger partial charge in [0.1, 0.15) is 0 Å². The number of fused-ring (bicyclic) bond motifs is 4. The van der Waals surface area contributed by atoms with Crippen LogP contribution in [0.25, 0.3) is 10.8 Å². The average Bonchev–Trinajstić information content (AvgIpc) is 3.23. The van der Waals surface area contributed by atoms with Crippen LogP contribution in [-0.2, 0) is 4.74 Å². The summed E-state index contributed by atoms with van der Waals surface area (Å²) < 4.78 is 5.03. The number of rotatable bonds is 2. The average molecular weight is 390 g/mol. The summed E-state index contributed by atoms with van der Waals surface area (Å²) in [6.45, 7) is 0. The van der Waals surface area contributed by atoms with Gasteiger partial charge in [0, 0.05) is 5.92 Å². The summed E-state index contributed by atoms with van der Waals surface area (Å²) in [5.41, 5.74) is 3.65. The van der Waals surface area contributed by atoms with Gasteiger partial charge in [-0.2, -0.15) is 0 Å². The molecule has 0 fully saturated rings. The van der Waals surface area contributed by atoms with Gasteiger partial charge < -0.3 is 10.1 Å². The van der Waals surface area contributed by atoms with E-state index in [0.717, 1.165) is 17.7 Å². The van der Waals surface area contributed by atoms with Crippen LogP contribution in [0.4, 0.5) is 5.69 Å². The van der Waals surface area contributed by atoms with Crippen LogP contribution in [0.5, 0.6) is 0 Å². The molecule has 0 bridgehead atoms. The fourth-order valence-corrected chi connectivity index (χ4v) is 5.01. The molecule has 1 heterocycles. The highest BCUT2D eigenvalue weighted by Crippen LogP contribution is 2.53. The minimum atomic E-state index is -0.322. The number of esters is 1. The van der Waals surface area contributed by atoms with Crippen LogP contribution in [0.15, 0.2) is 66.7 Å². The zero-order chi connectivity index (χ0) is 19.3. The summed E-state index contributed by atoms with van der Waals surface area (Å²) in [6, 6.07) is 18.6. The fourth-order valence-electron chi connectivity index (χ4n) is 4.79. The molecule has 0 amide bonds. The van der Waals surface area contributed by atoms with E-state index >= 15 is 0 Å². The number of halogens is 1. The van der Waals surface area contributed by atoms with Crippen molar-refractivity contribution in [1.82, 2.24) is 0 Å². The van der Waals surface area contributed by atoms with Gasteiger partial charge in [-0.3, -0.25) is 0 Å². The topological polar surface area (TPSA) is 38.3 Å². The third-order valence-corrected chi connectivity index (χ3v) is 6.35. The molecular formula is C24H20ClNO2. The highest BCUT2D eigenvalue weighted by molar-refractivity contribution is 6.33. The lowest BCUT2D eigenvalue weighted by Gasteiger charge is -2.39. The number of carbonyl (C=O) groups excluding carboxylic acids is 1. The monoisotopic (exact) mass is 389 g/mol. The molecule has 0 saturated heterocycles. The van der Waals surface area contributed by atoms with Gasteiger partial charge in [-0.15, -0.1) is 0 Å². The number of anilines is 1. The van der Waals surface area contributed by atoms with Crippen LogP contribution in [-0.4, -0.2) is 13.1 Å². The van der Waals surface area contributed by atoms with Gasteiger partial charge in [-0.05, 0) is 46.4 Å². The Kier molecular flexibility index (Phi) is 4.13. The van der Waals surface area contributed by atoms with E-state index in [1.54, 1.807) is 12.1 Å². The molecule has 28 heavy (non-hydrogen) atoms. The minimum absolute atomic E-state index is 0.115. The summed E-state index contributed by atoms with van der Waals surface area (Å²) in [5.74, 6) is 0.130. The Morgan fingerprint density at radius 2 is 1.93 bits per heavy atom.